The Balaban J connectivity index is 1.95. The standard InChI is InChI=1S/C18H24F2N2O3/c1-18(2,3)16(24)22-10-8-12(9-11-22)15(23)21-13-6-4-5-7-14(13)25-17(19)20/h4-7,12,17H,8-11H2,1-3H3,(H,21,23). The first-order valence-corrected chi connectivity index (χ1v) is 8.32. The molecular weight excluding hydrogens is 330 g/mol. The van der Waals surface area contributed by atoms with Crippen LogP contribution in [-0.4, -0.2) is 36.4 Å². The van der Waals surface area contributed by atoms with E-state index in [9.17, 15) is 18.4 Å². The smallest absolute Gasteiger partial charge is 0.387 e. The van der Waals surface area contributed by atoms with E-state index in [-0.39, 0.29) is 29.2 Å². The van der Waals surface area contributed by atoms with Crippen molar-refractivity contribution in [1.29, 1.82) is 0 Å². The molecule has 2 amide bonds. The molecule has 0 spiro atoms. The van der Waals surface area contributed by atoms with Crippen LogP contribution in [0.5, 0.6) is 5.75 Å². The third-order valence-corrected chi connectivity index (χ3v) is 4.16. The summed E-state index contributed by atoms with van der Waals surface area (Å²) in [5.74, 6) is -0.495. The topological polar surface area (TPSA) is 58.6 Å². The maximum absolute atomic E-state index is 12.4. The van der Waals surface area contributed by atoms with E-state index in [1.165, 1.54) is 12.1 Å². The lowest BCUT2D eigenvalue weighted by Gasteiger charge is -2.35. The molecule has 0 unspecified atom stereocenters. The highest BCUT2D eigenvalue weighted by molar-refractivity contribution is 5.94. The zero-order valence-corrected chi connectivity index (χ0v) is 14.7. The van der Waals surface area contributed by atoms with Crippen molar-refractivity contribution in [2.45, 2.75) is 40.2 Å². The highest BCUT2D eigenvalue weighted by Crippen LogP contribution is 2.28. The second-order valence-corrected chi connectivity index (χ2v) is 7.18. The first-order valence-electron chi connectivity index (χ1n) is 8.32. The Kier molecular flexibility index (Phi) is 5.98. The number of rotatable bonds is 4. The first kappa shape index (κ1) is 19.1. The van der Waals surface area contributed by atoms with E-state index in [0.717, 1.165) is 0 Å². The maximum atomic E-state index is 12.4. The van der Waals surface area contributed by atoms with Gasteiger partial charge in [0, 0.05) is 24.4 Å². The van der Waals surface area contributed by atoms with Gasteiger partial charge in [-0.1, -0.05) is 32.9 Å². The molecule has 1 aromatic carbocycles. The number of anilines is 1. The number of carbonyl (C=O) groups excluding carboxylic acids is 2. The van der Waals surface area contributed by atoms with Crippen molar-refractivity contribution in [3.63, 3.8) is 0 Å². The number of hydrogen-bond donors (Lipinski definition) is 1. The minimum Gasteiger partial charge on any atom is -0.433 e. The van der Waals surface area contributed by atoms with E-state index in [2.05, 4.69) is 10.1 Å². The molecule has 0 saturated carbocycles. The molecule has 1 saturated heterocycles. The van der Waals surface area contributed by atoms with E-state index < -0.39 is 12.0 Å². The Hall–Kier alpha value is -2.18. The molecule has 1 fully saturated rings. The molecule has 0 aromatic heterocycles. The molecule has 138 valence electrons. The average Bonchev–Trinajstić information content (AvgIpc) is 2.54. The fourth-order valence-corrected chi connectivity index (χ4v) is 2.82. The summed E-state index contributed by atoms with van der Waals surface area (Å²) in [5.41, 5.74) is -0.221. The van der Waals surface area contributed by atoms with Crippen LogP contribution in [-0.2, 0) is 9.59 Å². The molecule has 1 aliphatic heterocycles. The van der Waals surface area contributed by atoms with Gasteiger partial charge < -0.3 is 15.0 Å². The SMILES string of the molecule is CC(C)(C)C(=O)N1CCC(C(=O)Nc2ccccc2OC(F)F)CC1. The van der Waals surface area contributed by atoms with Gasteiger partial charge >= 0.3 is 6.61 Å². The van der Waals surface area contributed by atoms with E-state index in [0.29, 0.717) is 25.9 Å². The molecule has 0 atom stereocenters. The summed E-state index contributed by atoms with van der Waals surface area (Å²) >= 11 is 0. The molecular formula is C18H24F2N2O3. The predicted molar refractivity (Wildman–Crippen MR) is 90.5 cm³/mol. The number of alkyl halides is 2. The van der Waals surface area contributed by atoms with Crippen LogP contribution in [0.3, 0.4) is 0 Å². The predicted octanol–water partition coefficient (Wildman–Crippen LogP) is 3.51. The minimum atomic E-state index is -2.95. The summed E-state index contributed by atoms with van der Waals surface area (Å²) in [7, 11) is 0. The highest BCUT2D eigenvalue weighted by atomic mass is 19.3. The summed E-state index contributed by atoms with van der Waals surface area (Å²) < 4.78 is 29.3. The molecule has 2 rings (SSSR count). The number of hydrogen-bond acceptors (Lipinski definition) is 3. The summed E-state index contributed by atoms with van der Waals surface area (Å²) in [6, 6.07) is 6.10. The number of halogens is 2. The lowest BCUT2D eigenvalue weighted by molar-refractivity contribution is -0.142. The van der Waals surface area contributed by atoms with Gasteiger partial charge in [-0.05, 0) is 25.0 Å². The van der Waals surface area contributed by atoms with Crippen LogP contribution in [0.4, 0.5) is 14.5 Å². The van der Waals surface area contributed by atoms with Gasteiger partial charge in [-0.25, -0.2) is 0 Å². The zero-order valence-electron chi connectivity index (χ0n) is 14.7. The largest absolute Gasteiger partial charge is 0.433 e. The number of nitrogens with zero attached hydrogens (tertiary/aromatic N) is 1. The Morgan fingerprint density at radius 2 is 1.80 bits per heavy atom. The summed E-state index contributed by atoms with van der Waals surface area (Å²) in [5, 5.41) is 2.66. The van der Waals surface area contributed by atoms with Crippen molar-refractivity contribution < 1.29 is 23.1 Å². The molecule has 5 nitrogen and oxygen atoms in total. The van der Waals surface area contributed by atoms with Crippen LogP contribution in [0.25, 0.3) is 0 Å². The number of carbonyl (C=O) groups is 2. The molecule has 1 heterocycles. The zero-order chi connectivity index (χ0) is 18.6. The van der Waals surface area contributed by atoms with Crippen LogP contribution in [0.15, 0.2) is 24.3 Å². The van der Waals surface area contributed by atoms with Gasteiger partial charge in [0.05, 0.1) is 5.69 Å². The van der Waals surface area contributed by atoms with Gasteiger partial charge in [0.15, 0.2) is 0 Å². The van der Waals surface area contributed by atoms with Crippen LogP contribution in [0, 0.1) is 11.3 Å². The van der Waals surface area contributed by atoms with Gasteiger partial charge in [0.2, 0.25) is 11.8 Å². The monoisotopic (exact) mass is 354 g/mol. The van der Waals surface area contributed by atoms with Crippen molar-refractivity contribution in [2.75, 3.05) is 18.4 Å². The van der Waals surface area contributed by atoms with Crippen molar-refractivity contribution >= 4 is 17.5 Å². The Morgan fingerprint density at radius 3 is 2.36 bits per heavy atom. The second-order valence-electron chi connectivity index (χ2n) is 7.18. The fraction of sp³-hybridized carbons (Fsp3) is 0.556. The molecule has 1 aliphatic rings. The lowest BCUT2D eigenvalue weighted by Crippen LogP contribution is -2.45. The van der Waals surface area contributed by atoms with Crippen LogP contribution in [0.1, 0.15) is 33.6 Å². The number of piperidine rings is 1. The Labute approximate surface area is 146 Å². The molecule has 0 aliphatic carbocycles. The quantitative estimate of drug-likeness (QED) is 0.900. The average molecular weight is 354 g/mol. The number of likely N-dealkylation sites (tertiary alicyclic amines) is 1. The van der Waals surface area contributed by atoms with Crippen molar-refractivity contribution in [1.82, 2.24) is 4.90 Å². The summed E-state index contributed by atoms with van der Waals surface area (Å²) in [6.45, 7) is 3.69. The van der Waals surface area contributed by atoms with Crippen LogP contribution < -0.4 is 10.1 Å². The first-order chi connectivity index (χ1) is 11.7. The van der Waals surface area contributed by atoms with Crippen molar-refractivity contribution in [2.24, 2.45) is 11.3 Å². The van der Waals surface area contributed by atoms with Gasteiger partial charge in [0.25, 0.3) is 0 Å². The Morgan fingerprint density at radius 1 is 1.20 bits per heavy atom. The van der Waals surface area contributed by atoms with Gasteiger partial charge in [-0.3, -0.25) is 9.59 Å². The summed E-state index contributed by atoms with van der Waals surface area (Å²) in [4.78, 5) is 26.5. The normalized spacial score (nSPS) is 16.0. The minimum absolute atomic E-state index is 0.0637. The number of para-hydroxylation sites is 2. The third-order valence-electron chi connectivity index (χ3n) is 4.16. The van der Waals surface area contributed by atoms with Crippen LogP contribution >= 0.6 is 0 Å². The number of nitrogens with one attached hydrogen (secondary N) is 1. The van der Waals surface area contributed by atoms with Crippen molar-refractivity contribution in [3.05, 3.63) is 24.3 Å². The molecule has 7 heteroatoms. The van der Waals surface area contributed by atoms with Gasteiger partial charge in [-0.15, -0.1) is 0 Å². The van der Waals surface area contributed by atoms with E-state index in [4.69, 9.17) is 0 Å². The van der Waals surface area contributed by atoms with Gasteiger partial charge in [-0.2, -0.15) is 8.78 Å². The number of ether oxygens (including phenoxy) is 1. The molecule has 0 radical (unpaired) electrons. The third kappa shape index (κ3) is 5.14. The Bertz CT molecular complexity index is 621. The molecule has 25 heavy (non-hydrogen) atoms. The van der Waals surface area contributed by atoms with Gasteiger partial charge in [0.1, 0.15) is 5.75 Å². The number of benzene rings is 1. The molecule has 0 bridgehead atoms. The lowest BCUT2D eigenvalue weighted by atomic mass is 9.90. The maximum Gasteiger partial charge on any atom is 0.387 e. The van der Waals surface area contributed by atoms with E-state index in [1.807, 2.05) is 20.8 Å². The van der Waals surface area contributed by atoms with Crippen LogP contribution in [0.2, 0.25) is 0 Å². The van der Waals surface area contributed by atoms with E-state index in [1.54, 1.807) is 17.0 Å². The van der Waals surface area contributed by atoms with Crippen molar-refractivity contribution in [3.8, 4) is 5.75 Å². The number of amides is 2. The highest BCUT2D eigenvalue weighted by Gasteiger charge is 2.32. The molecule has 1 N–H and O–H groups in total. The second kappa shape index (κ2) is 7.80. The summed E-state index contributed by atoms with van der Waals surface area (Å²) in [6.07, 6.45) is 1.09. The molecule has 1 aromatic rings. The van der Waals surface area contributed by atoms with E-state index >= 15 is 0 Å². The fourth-order valence-electron chi connectivity index (χ4n) is 2.82.